The second kappa shape index (κ2) is 11.4. The highest BCUT2D eigenvalue weighted by Crippen LogP contribution is 2.34. The number of nitrogens with zero attached hydrogens (tertiary/aromatic N) is 1. The van der Waals surface area contributed by atoms with Gasteiger partial charge in [-0.25, -0.2) is 0 Å². The van der Waals surface area contributed by atoms with Gasteiger partial charge in [0.2, 0.25) is 0 Å². The number of hydrogen-bond acceptors (Lipinski definition) is 5. The standard InChI is InChI=1S/C29H30N2O3S/c1-20-4-8-22(9-5-20)23-10-13-27-25(16-23)17-24(14-15-35-27)29(33)30-26-11-6-21(7-12-26)18-31(2)19-28(32)34-3/h4-13,16-17H,14-15,18-19H2,1-3H3,(H,30,33). The molecule has 180 valence electrons. The van der Waals surface area contributed by atoms with Gasteiger partial charge in [-0.1, -0.05) is 48.0 Å². The van der Waals surface area contributed by atoms with Crippen LogP contribution in [0.25, 0.3) is 17.2 Å². The van der Waals surface area contributed by atoms with Gasteiger partial charge in [-0.05, 0) is 73.0 Å². The number of benzene rings is 3. The van der Waals surface area contributed by atoms with E-state index in [0.29, 0.717) is 13.0 Å². The Morgan fingerprint density at radius 3 is 2.43 bits per heavy atom. The van der Waals surface area contributed by atoms with Crippen LogP contribution in [0.1, 0.15) is 23.1 Å². The summed E-state index contributed by atoms with van der Waals surface area (Å²) in [7, 11) is 3.25. The van der Waals surface area contributed by atoms with Crippen LogP contribution in [0.2, 0.25) is 0 Å². The number of ether oxygens (including phenoxy) is 1. The third-order valence-corrected chi connectivity index (χ3v) is 7.03. The number of hydrogen-bond donors (Lipinski definition) is 1. The van der Waals surface area contributed by atoms with Gasteiger partial charge in [0.25, 0.3) is 5.91 Å². The maximum atomic E-state index is 13.1. The Morgan fingerprint density at radius 1 is 1.00 bits per heavy atom. The number of amides is 1. The van der Waals surface area contributed by atoms with Crippen molar-refractivity contribution in [2.24, 2.45) is 0 Å². The predicted molar refractivity (Wildman–Crippen MR) is 143 cm³/mol. The number of carbonyl (C=O) groups excluding carboxylic acids is 2. The molecule has 1 N–H and O–H groups in total. The second-order valence-electron chi connectivity index (χ2n) is 8.79. The van der Waals surface area contributed by atoms with Gasteiger partial charge in [0.1, 0.15) is 0 Å². The first-order chi connectivity index (χ1) is 16.9. The van der Waals surface area contributed by atoms with E-state index in [4.69, 9.17) is 4.74 Å². The summed E-state index contributed by atoms with van der Waals surface area (Å²) in [5, 5.41) is 3.04. The number of likely N-dealkylation sites (N-methyl/N-ethyl adjacent to an activating group) is 1. The fourth-order valence-corrected chi connectivity index (χ4v) is 4.98. The molecule has 0 saturated carbocycles. The van der Waals surface area contributed by atoms with E-state index in [9.17, 15) is 9.59 Å². The maximum absolute atomic E-state index is 13.1. The topological polar surface area (TPSA) is 58.6 Å². The van der Waals surface area contributed by atoms with Gasteiger partial charge >= 0.3 is 5.97 Å². The third-order valence-electron chi connectivity index (χ3n) is 5.94. The van der Waals surface area contributed by atoms with Crippen LogP contribution in [0.15, 0.2) is 77.2 Å². The minimum Gasteiger partial charge on any atom is -0.468 e. The molecule has 5 nitrogen and oxygen atoms in total. The lowest BCUT2D eigenvalue weighted by Crippen LogP contribution is -2.26. The van der Waals surface area contributed by atoms with E-state index in [2.05, 4.69) is 54.7 Å². The van der Waals surface area contributed by atoms with Crippen LogP contribution in [-0.2, 0) is 20.9 Å². The lowest BCUT2D eigenvalue weighted by Gasteiger charge is -2.15. The molecule has 4 rings (SSSR count). The minimum atomic E-state index is -0.265. The Hall–Kier alpha value is -3.35. The first-order valence-corrected chi connectivity index (χ1v) is 12.6. The molecule has 0 fully saturated rings. The SMILES string of the molecule is COC(=O)CN(C)Cc1ccc(NC(=O)C2=Cc3cc(-c4ccc(C)cc4)ccc3SCC2)cc1. The van der Waals surface area contributed by atoms with E-state index in [1.165, 1.54) is 23.1 Å². The van der Waals surface area contributed by atoms with Crippen molar-refractivity contribution >= 4 is 35.4 Å². The zero-order chi connectivity index (χ0) is 24.8. The van der Waals surface area contributed by atoms with E-state index < -0.39 is 0 Å². The van der Waals surface area contributed by atoms with Crippen molar-refractivity contribution in [2.45, 2.75) is 24.8 Å². The van der Waals surface area contributed by atoms with Crippen molar-refractivity contribution < 1.29 is 14.3 Å². The summed E-state index contributed by atoms with van der Waals surface area (Å²) < 4.78 is 4.71. The molecule has 1 aliphatic heterocycles. The molecule has 0 bridgehead atoms. The summed E-state index contributed by atoms with van der Waals surface area (Å²) in [4.78, 5) is 27.6. The van der Waals surface area contributed by atoms with Gasteiger partial charge in [0.15, 0.2) is 0 Å². The Labute approximate surface area is 211 Å². The zero-order valence-electron chi connectivity index (χ0n) is 20.3. The van der Waals surface area contributed by atoms with Gasteiger partial charge in [0, 0.05) is 28.5 Å². The predicted octanol–water partition coefficient (Wildman–Crippen LogP) is 5.78. The monoisotopic (exact) mass is 486 g/mol. The summed E-state index contributed by atoms with van der Waals surface area (Å²) in [6.07, 6.45) is 2.74. The van der Waals surface area contributed by atoms with Crippen LogP contribution in [0.5, 0.6) is 0 Å². The molecule has 0 radical (unpaired) electrons. The Bertz CT molecular complexity index is 1230. The van der Waals surface area contributed by atoms with Crippen LogP contribution < -0.4 is 5.32 Å². The van der Waals surface area contributed by atoms with Crippen molar-refractivity contribution in [3.8, 4) is 11.1 Å². The number of thioether (sulfide) groups is 1. The second-order valence-corrected chi connectivity index (χ2v) is 9.92. The molecule has 1 heterocycles. The Balaban J connectivity index is 1.45. The Kier molecular flexibility index (Phi) is 8.06. The highest BCUT2D eigenvalue weighted by atomic mass is 32.2. The number of fused-ring (bicyclic) bond motifs is 1. The molecule has 0 aliphatic carbocycles. The van der Waals surface area contributed by atoms with E-state index >= 15 is 0 Å². The lowest BCUT2D eigenvalue weighted by atomic mass is 10.0. The smallest absolute Gasteiger partial charge is 0.319 e. The molecule has 0 atom stereocenters. The van der Waals surface area contributed by atoms with E-state index in [-0.39, 0.29) is 18.4 Å². The largest absolute Gasteiger partial charge is 0.468 e. The highest BCUT2D eigenvalue weighted by Gasteiger charge is 2.16. The normalized spacial score (nSPS) is 13.0. The average Bonchev–Trinajstić information content (AvgIpc) is 3.07. The van der Waals surface area contributed by atoms with Crippen LogP contribution in [0, 0.1) is 6.92 Å². The molecule has 0 unspecified atom stereocenters. The fraction of sp³-hybridized carbons (Fsp3) is 0.241. The van der Waals surface area contributed by atoms with Gasteiger partial charge in [-0.15, -0.1) is 11.8 Å². The minimum absolute atomic E-state index is 0.0743. The molecule has 0 aromatic heterocycles. The van der Waals surface area contributed by atoms with Crippen LogP contribution in [0.3, 0.4) is 0 Å². The van der Waals surface area contributed by atoms with Crippen LogP contribution in [-0.4, -0.2) is 43.2 Å². The molecule has 6 heteroatoms. The quantitative estimate of drug-likeness (QED) is 0.429. The van der Waals surface area contributed by atoms with Crippen LogP contribution >= 0.6 is 11.8 Å². The number of esters is 1. The number of anilines is 1. The first kappa shape index (κ1) is 24.8. The number of nitrogens with one attached hydrogen (secondary N) is 1. The Morgan fingerprint density at radius 2 is 1.71 bits per heavy atom. The van der Waals surface area contributed by atoms with Gasteiger partial charge in [-0.2, -0.15) is 0 Å². The summed E-state index contributed by atoms with van der Waals surface area (Å²) in [6, 6.07) is 22.7. The third kappa shape index (κ3) is 6.62. The molecule has 0 spiro atoms. The first-order valence-electron chi connectivity index (χ1n) is 11.6. The number of rotatable bonds is 7. The van der Waals surface area contributed by atoms with Gasteiger partial charge in [0.05, 0.1) is 13.7 Å². The average molecular weight is 487 g/mol. The number of methoxy groups -OCH3 is 1. The van der Waals surface area contributed by atoms with E-state index in [1.54, 1.807) is 11.8 Å². The molecule has 3 aromatic rings. The molecule has 1 amide bonds. The molecule has 3 aromatic carbocycles. The fourth-order valence-electron chi connectivity index (χ4n) is 3.99. The number of carbonyl (C=O) groups is 2. The highest BCUT2D eigenvalue weighted by molar-refractivity contribution is 7.99. The van der Waals surface area contributed by atoms with Gasteiger partial charge in [-0.3, -0.25) is 14.5 Å². The van der Waals surface area contributed by atoms with Crippen LogP contribution in [0.4, 0.5) is 5.69 Å². The van der Waals surface area contributed by atoms with E-state index in [0.717, 1.165) is 33.7 Å². The van der Waals surface area contributed by atoms with E-state index in [1.807, 2.05) is 42.3 Å². The van der Waals surface area contributed by atoms with Crippen molar-refractivity contribution in [2.75, 3.05) is 31.8 Å². The van der Waals surface area contributed by atoms with Crippen molar-refractivity contribution in [3.63, 3.8) is 0 Å². The maximum Gasteiger partial charge on any atom is 0.319 e. The summed E-state index contributed by atoms with van der Waals surface area (Å²) in [5.41, 5.74) is 7.22. The van der Waals surface area contributed by atoms with Crippen molar-refractivity contribution in [1.82, 2.24) is 4.90 Å². The summed E-state index contributed by atoms with van der Waals surface area (Å²) in [5.74, 6) is 0.523. The zero-order valence-corrected chi connectivity index (χ0v) is 21.2. The molecule has 35 heavy (non-hydrogen) atoms. The van der Waals surface area contributed by atoms with Gasteiger partial charge < -0.3 is 10.1 Å². The molecular weight excluding hydrogens is 456 g/mol. The molecule has 1 aliphatic rings. The van der Waals surface area contributed by atoms with Crippen molar-refractivity contribution in [1.29, 1.82) is 0 Å². The molecule has 0 saturated heterocycles. The summed E-state index contributed by atoms with van der Waals surface area (Å²) >= 11 is 1.79. The van der Waals surface area contributed by atoms with Crippen molar-refractivity contribution in [3.05, 3.63) is 89.0 Å². The lowest BCUT2D eigenvalue weighted by molar-refractivity contribution is -0.141. The number of aryl methyl sites for hydroxylation is 1. The molecular formula is C29H30N2O3S. The summed E-state index contributed by atoms with van der Waals surface area (Å²) in [6.45, 7) is 2.93.